The lowest BCUT2D eigenvalue weighted by molar-refractivity contribution is 0.0951. The number of likely N-dealkylation sites (tertiary alicyclic amines) is 1. The molecule has 0 aliphatic carbocycles. The molecule has 0 atom stereocenters. The van der Waals surface area contributed by atoms with Crippen molar-refractivity contribution in [2.45, 2.75) is 32.9 Å². The highest BCUT2D eigenvalue weighted by atomic mass is 16.1. The second kappa shape index (κ2) is 7.42. The Morgan fingerprint density at radius 3 is 2.22 bits per heavy atom. The van der Waals surface area contributed by atoms with Crippen LogP contribution in [0, 0.1) is 6.92 Å². The predicted molar refractivity (Wildman–Crippen MR) is 93.3 cm³/mol. The number of aryl methyl sites for hydroxylation is 1. The first kappa shape index (κ1) is 15.8. The molecule has 1 aliphatic rings. The fourth-order valence-corrected chi connectivity index (χ4v) is 2.95. The van der Waals surface area contributed by atoms with Crippen LogP contribution in [0.1, 0.15) is 39.9 Å². The predicted octanol–water partition coefficient (Wildman–Crippen LogP) is 3.52. The van der Waals surface area contributed by atoms with E-state index in [9.17, 15) is 4.79 Å². The highest BCUT2D eigenvalue weighted by Gasteiger charge is 2.11. The molecule has 0 radical (unpaired) electrons. The van der Waals surface area contributed by atoms with Crippen molar-refractivity contribution in [1.29, 1.82) is 0 Å². The number of hydrogen-bond acceptors (Lipinski definition) is 2. The fraction of sp³-hybridized carbons (Fsp3) is 0.350. The molecule has 23 heavy (non-hydrogen) atoms. The Balaban J connectivity index is 1.51. The summed E-state index contributed by atoms with van der Waals surface area (Å²) >= 11 is 0. The Kier molecular flexibility index (Phi) is 5.09. The van der Waals surface area contributed by atoms with Gasteiger partial charge in [-0.05, 0) is 56.1 Å². The van der Waals surface area contributed by atoms with E-state index in [4.69, 9.17) is 0 Å². The average molecular weight is 308 g/mol. The number of amides is 1. The van der Waals surface area contributed by atoms with E-state index < -0.39 is 0 Å². The first-order valence-electron chi connectivity index (χ1n) is 8.36. The second-order valence-electron chi connectivity index (χ2n) is 6.35. The van der Waals surface area contributed by atoms with Crippen molar-refractivity contribution in [1.82, 2.24) is 10.2 Å². The van der Waals surface area contributed by atoms with Gasteiger partial charge in [0.15, 0.2) is 0 Å². The molecule has 1 N–H and O–H groups in total. The van der Waals surface area contributed by atoms with Crippen LogP contribution in [0.25, 0.3) is 0 Å². The summed E-state index contributed by atoms with van der Waals surface area (Å²) in [5, 5.41) is 2.98. The lowest BCUT2D eigenvalue weighted by atomic mass is 10.1. The van der Waals surface area contributed by atoms with E-state index in [2.05, 4.69) is 34.5 Å². The van der Waals surface area contributed by atoms with Crippen LogP contribution >= 0.6 is 0 Å². The minimum atomic E-state index is -0.0221. The van der Waals surface area contributed by atoms with Crippen LogP contribution in [0.15, 0.2) is 48.5 Å². The second-order valence-corrected chi connectivity index (χ2v) is 6.35. The molecule has 1 amide bonds. The maximum atomic E-state index is 12.1. The number of carbonyl (C=O) groups is 1. The third-order valence-electron chi connectivity index (χ3n) is 4.39. The number of nitrogens with zero attached hydrogens (tertiary/aromatic N) is 1. The van der Waals surface area contributed by atoms with E-state index >= 15 is 0 Å². The fourth-order valence-electron chi connectivity index (χ4n) is 2.95. The van der Waals surface area contributed by atoms with Gasteiger partial charge in [-0.2, -0.15) is 0 Å². The third kappa shape index (κ3) is 4.42. The lowest BCUT2D eigenvalue weighted by Gasteiger charge is -2.14. The summed E-state index contributed by atoms with van der Waals surface area (Å²) in [6, 6.07) is 16.2. The van der Waals surface area contributed by atoms with Crippen molar-refractivity contribution in [2.75, 3.05) is 13.1 Å². The lowest BCUT2D eigenvalue weighted by Crippen LogP contribution is -2.22. The van der Waals surface area contributed by atoms with E-state index in [1.807, 2.05) is 31.2 Å². The summed E-state index contributed by atoms with van der Waals surface area (Å²) in [6.45, 7) is 6.06. The maximum Gasteiger partial charge on any atom is 0.251 e. The minimum Gasteiger partial charge on any atom is -0.348 e. The Bertz CT molecular complexity index is 640. The highest BCUT2D eigenvalue weighted by Crippen LogP contribution is 2.13. The zero-order valence-corrected chi connectivity index (χ0v) is 13.7. The van der Waals surface area contributed by atoms with Crippen LogP contribution in [-0.4, -0.2) is 23.9 Å². The number of carbonyl (C=O) groups excluding carboxylic acids is 1. The van der Waals surface area contributed by atoms with E-state index in [-0.39, 0.29) is 5.91 Å². The van der Waals surface area contributed by atoms with Gasteiger partial charge in [-0.15, -0.1) is 0 Å². The van der Waals surface area contributed by atoms with Crippen molar-refractivity contribution in [3.05, 3.63) is 70.8 Å². The molecule has 1 saturated heterocycles. The first-order valence-corrected chi connectivity index (χ1v) is 8.36. The molecule has 1 aliphatic heterocycles. The van der Waals surface area contributed by atoms with Gasteiger partial charge in [-0.1, -0.05) is 42.0 Å². The summed E-state index contributed by atoms with van der Waals surface area (Å²) in [4.78, 5) is 14.6. The van der Waals surface area contributed by atoms with Crippen molar-refractivity contribution in [3.63, 3.8) is 0 Å². The SMILES string of the molecule is Cc1ccc(C(=O)NCc2ccc(CN3CCCC3)cc2)cc1. The average Bonchev–Trinajstić information content (AvgIpc) is 3.07. The summed E-state index contributed by atoms with van der Waals surface area (Å²) in [7, 11) is 0. The molecule has 0 spiro atoms. The Morgan fingerprint density at radius 2 is 1.57 bits per heavy atom. The minimum absolute atomic E-state index is 0.0221. The smallest absolute Gasteiger partial charge is 0.251 e. The molecule has 3 nitrogen and oxygen atoms in total. The molecular weight excluding hydrogens is 284 g/mol. The first-order chi connectivity index (χ1) is 11.2. The van der Waals surface area contributed by atoms with Crippen LogP contribution in [0.5, 0.6) is 0 Å². The van der Waals surface area contributed by atoms with Gasteiger partial charge in [0, 0.05) is 18.7 Å². The van der Waals surface area contributed by atoms with Gasteiger partial charge in [0.25, 0.3) is 5.91 Å². The van der Waals surface area contributed by atoms with Gasteiger partial charge in [-0.3, -0.25) is 9.69 Å². The number of nitrogens with one attached hydrogen (secondary N) is 1. The Morgan fingerprint density at radius 1 is 0.957 bits per heavy atom. The van der Waals surface area contributed by atoms with Gasteiger partial charge < -0.3 is 5.32 Å². The Hall–Kier alpha value is -2.13. The molecule has 2 aromatic rings. The molecule has 1 fully saturated rings. The zero-order chi connectivity index (χ0) is 16.1. The van der Waals surface area contributed by atoms with E-state index in [0.29, 0.717) is 12.1 Å². The van der Waals surface area contributed by atoms with Crippen LogP contribution in [0.4, 0.5) is 0 Å². The highest BCUT2D eigenvalue weighted by molar-refractivity contribution is 5.94. The molecule has 2 aromatic carbocycles. The monoisotopic (exact) mass is 308 g/mol. The molecule has 0 aromatic heterocycles. The van der Waals surface area contributed by atoms with Gasteiger partial charge in [0.2, 0.25) is 0 Å². The van der Waals surface area contributed by atoms with Crippen LogP contribution in [0.3, 0.4) is 0 Å². The van der Waals surface area contributed by atoms with Crippen molar-refractivity contribution < 1.29 is 4.79 Å². The van der Waals surface area contributed by atoms with Gasteiger partial charge in [0.1, 0.15) is 0 Å². The number of benzene rings is 2. The molecule has 3 rings (SSSR count). The standard InChI is InChI=1S/C20H24N2O/c1-16-4-10-19(11-5-16)20(23)21-14-17-6-8-18(9-7-17)15-22-12-2-3-13-22/h4-11H,2-3,12-15H2,1H3,(H,21,23). The summed E-state index contributed by atoms with van der Waals surface area (Å²) < 4.78 is 0. The third-order valence-corrected chi connectivity index (χ3v) is 4.39. The van der Waals surface area contributed by atoms with Crippen molar-refractivity contribution in [2.24, 2.45) is 0 Å². The van der Waals surface area contributed by atoms with Crippen molar-refractivity contribution >= 4 is 5.91 Å². The molecule has 3 heteroatoms. The quantitative estimate of drug-likeness (QED) is 0.916. The number of rotatable bonds is 5. The molecule has 120 valence electrons. The summed E-state index contributed by atoms with van der Waals surface area (Å²) in [6.07, 6.45) is 2.65. The zero-order valence-electron chi connectivity index (χ0n) is 13.7. The van der Waals surface area contributed by atoms with Crippen LogP contribution in [-0.2, 0) is 13.1 Å². The Labute approximate surface area is 138 Å². The topological polar surface area (TPSA) is 32.3 Å². The normalized spacial score (nSPS) is 14.8. The van der Waals surface area contributed by atoms with Crippen molar-refractivity contribution in [3.8, 4) is 0 Å². The van der Waals surface area contributed by atoms with E-state index in [1.165, 1.54) is 31.5 Å². The van der Waals surface area contributed by atoms with Gasteiger partial charge in [-0.25, -0.2) is 0 Å². The largest absolute Gasteiger partial charge is 0.348 e. The van der Waals surface area contributed by atoms with E-state index in [0.717, 1.165) is 17.7 Å². The van der Waals surface area contributed by atoms with Gasteiger partial charge >= 0.3 is 0 Å². The van der Waals surface area contributed by atoms with Gasteiger partial charge in [0.05, 0.1) is 0 Å². The summed E-state index contributed by atoms with van der Waals surface area (Å²) in [5.41, 5.74) is 4.35. The summed E-state index contributed by atoms with van der Waals surface area (Å²) in [5.74, 6) is -0.0221. The van der Waals surface area contributed by atoms with E-state index in [1.54, 1.807) is 0 Å². The molecule has 0 unspecified atom stereocenters. The van der Waals surface area contributed by atoms with Crippen LogP contribution in [0.2, 0.25) is 0 Å². The molecule has 0 saturated carbocycles. The maximum absolute atomic E-state index is 12.1. The molecule has 1 heterocycles. The molecular formula is C20H24N2O. The van der Waals surface area contributed by atoms with Crippen LogP contribution < -0.4 is 5.32 Å². The number of hydrogen-bond donors (Lipinski definition) is 1. The molecule has 0 bridgehead atoms.